The number of rotatable bonds is 7. The Morgan fingerprint density at radius 1 is 1.38 bits per heavy atom. The summed E-state index contributed by atoms with van der Waals surface area (Å²) in [5.41, 5.74) is 0. The summed E-state index contributed by atoms with van der Waals surface area (Å²) in [5, 5.41) is 11.2. The van der Waals surface area contributed by atoms with Crippen molar-refractivity contribution >= 4 is 18.4 Å². The average Bonchev–Trinajstić information content (AvgIpc) is 2.04. The Morgan fingerprint density at radius 2 is 1.92 bits per heavy atom. The van der Waals surface area contributed by atoms with Gasteiger partial charge in [0.05, 0.1) is 6.54 Å². The maximum absolute atomic E-state index is 10.1. The minimum absolute atomic E-state index is 0. The highest BCUT2D eigenvalue weighted by Crippen LogP contribution is 1.83. The quantitative estimate of drug-likeness (QED) is 0.599. The number of hydrogen-bond donors (Lipinski definition) is 2. The molecule has 0 aromatic carbocycles. The van der Waals surface area contributed by atoms with Crippen LogP contribution < -0.4 is 5.32 Å². The van der Waals surface area contributed by atoms with E-state index in [-0.39, 0.29) is 19.0 Å². The third-order valence-electron chi connectivity index (χ3n) is 1.78. The van der Waals surface area contributed by atoms with Crippen LogP contribution in [0.25, 0.3) is 0 Å². The number of likely N-dealkylation sites (N-methyl/N-ethyl adjacent to an activating group) is 1. The standard InChI is InChI=1S/C8H18N2O2.ClH/c1-3-10(4-2)6-5-9-7-8(11)12;/h9H,3-7H2,1-2H3,(H,11,12);1H. The zero-order chi connectivity index (χ0) is 9.40. The normalized spacial score (nSPS) is 9.77. The molecule has 0 radical (unpaired) electrons. The molecule has 0 aliphatic carbocycles. The molecule has 0 bridgehead atoms. The second-order valence-electron chi connectivity index (χ2n) is 2.60. The summed E-state index contributed by atoms with van der Waals surface area (Å²) in [4.78, 5) is 12.4. The van der Waals surface area contributed by atoms with Gasteiger partial charge in [-0.15, -0.1) is 12.4 Å². The SMILES string of the molecule is CCN(CC)CCNCC(=O)O.Cl. The van der Waals surface area contributed by atoms with Crippen LogP contribution in [0.4, 0.5) is 0 Å². The first kappa shape index (κ1) is 15.2. The van der Waals surface area contributed by atoms with Gasteiger partial charge in [-0.2, -0.15) is 0 Å². The topological polar surface area (TPSA) is 52.6 Å². The molecule has 0 unspecified atom stereocenters. The van der Waals surface area contributed by atoms with Crippen LogP contribution in [0.1, 0.15) is 13.8 Å². The molecule has 0 aromatic heterocycles. The summed E-state index contributed by atoms with van der Waals surface area (Å²) in [6, 6.07) is 0. The van der Waals surface area contributed by atoms with E-state index in [0.717, 1.165) is 26.2 Å². The van der Waals surface area contributed by atoms with Crippen molar-refractivity contribution in [1.29, 1.82) is 0 Å². The predicted molar refractivity (Wildman–Crippen MR) is 55.5 cm³/mol. The van der Waals surface area contributed by atoms with Gasteiger partial charge in [-0.1, -0.05) is 13.8 Å². The largest absolute Gasteiger partial charge is 0.480 e. The van der Waals surface area contributed by atoms with E-state index in [2.05, 4.69) is 24.1 Å². The lowest BCUT2D eigenvalue weighted by molar-refractivity contribution is -0.135. The maximum Gasteiger partial charge on any atom is 0.317 e. The van der Waals surface area contributed by atoms with Gasteiger partial charge in [0.2, 0.25) is 0 Å². The van der Waals surface area contributed by atoms with Crippen LogP contribution in [0.2, 0.25) is 0 Å². The summed E-state index contributed by atoms with van der Waals surface area (Å²) in [7, 11) is 0. The van der Waals surface area contributed by atoms with Gasteiger partial charge in [-0.25, -0.2) is 0 Å². The smallest absolute Gasteiger partial charge is 0.317 e. The number of aliphatic carboxylic acids is 1. The number of hydrogen-bond acceptors (Lipinski definition) is 3. The highest BCUT2D eigenvalue weighted by Gasteiger charge is 1.98. The van der Waals surface area contributed by atoms with E-state index in [1.165, 1.54) is 0 Å². The van der Waals surface area contributed by atoms with E-state index in [9.17, 15) is 4.79 Å². The van der Waals surface area contributed by atoms with E-state index >= 15 is 0 Å². The van der Waals surface area contributed by atoms with Crippen molar-refractivity contribution in [2.24, 2.45) is 0 Å². The molecular formula is C8H19ClN2O2. The molecule has 80 valence electrons. The zero-order valence-corrected chi connectivity index (χ0v) is 9.06. The van der Waals surface area contributed by atoms with Crippen molar-refractivity contribution < 1.29 is 9.90 Å². The monoisotopic (exact) mass is 210 g/mol. The lowest BCUT2D eigenvalue weighted by Gasteiger charge is -2.17. The van der Waals surface area contributed by atoms with E-state index in [4.69, 9.17) is 5.11 Å². The summed E-state index contributed by atoms with van der Waals surface area (Å²) in [6.07, 6.45) is 0. The molecule has 4 nitrogen and oxygen atoms in total. The minimum Gasteiger partial charge on any atom is -0.480 e. The fourth-order valence-corrected chi connectivity index (χ4v) is 0.972. The third-order valence-corrected chi connectivity index (χ3v) is 1.78. The molecule has 0 saturated heterocycles. The van der Waals surface area contributed by atoms with Crippen LogP contribution in [0.3, 0.4) is 0 Å². The van der Waals surface area contributed by atoms with Gasteiger partial charge in [-0.05, 0) is 13.1 Å². The third kappa shape index (κ3) is 9.60. The molecule has 0 fully saturated rings. The highest BCUT2D eigenvalue weighted by atomic mass is 35.5. The molecule has 0 rings (SSSR count). The Labute approximate surface area is 85.7 Å². The molecule has 0 heterocycles. The second-order valence-corrected chi connectivity index (χ2v) is 2.60. The molecule has 0 spiro atoms. The molecule has 2 N–H and O–H groups in total. The van der Waals surface area contributed by atoms with E-state index in [0.29, 0.717) is 0 Å². The molecule has 0 aliphatic heterocycles. The molecule has 0 saturated carbocycles. The summed E-state index contributed by atoms with van der Waals surface area (Å²) >= 11 is 0. The van der Waals surface area contributed by atoms with Gasteiger partial charge in [0.1, 0.15) is 0 Å². The van der Waals surface area contributed by atoms with Crippen molar-refractivity contribution in [3.8, 4) is 0 Å². The average molecular weight is 211 g/mol. The van der Waals surface area contributed by atoms with Crippen LogP contribution in [-0.4, -0.2) is 48.7 Å². The number of halogens is 1. The van der Waals surface area contributed by atoms with Crippen LogP contribution in [0.15, 0.2) is 0 Å². The lowest BCUT2D eigenvalue weighted by atomic mass is 10.4. The molecular weight excluding hydrogens is 192 g/mol. The first-order valence-electron chi connectivity index (χ1n) is 4.35. The number of nitrogens with zero attached hydrogens (tertiary/aromatic N) is 1. The van der Waals surface area contributed by atoms with E-state index in [1.54, 1.807) is 0 Å². The lowest BCUT2D eigenvalue weighted by Crippen LogP contribution is -2.34. The van der Waals surface area contributed by atoms with Gasteiger partial charge in [0.25, 0.3) is 0 Å². The Hall–Kier alpha value is -0.320. The van der Waals surface area contributed by atoms with Gasteiger partial charge >= 0.3 is 5.97 Å². The summed E-state index contributed by atoms with van der Waals surface area (Å²) < 4.78 is 0. The minimum atomic E-state index is -0.797. The fraction of sp³-hybridized carbons (Fsp3) is 0.875. The first-order chi connectivity index (χ1) is 5.70. The van der Waals surface area contributed by atoms with Crippen molar-refractivity contribution in [1.82, 2.24) is 10.2 Å². The summed E-state index contributed by atoms with van der Waals surface area (Å²) in [5.74, 6) is -0.797. The van der Waals surface area contributed by atoms with Crippen LogP contribution in [0.5, 0.6) is 0 Å². The number of nitrogens with one attached hydrogen (secondary N) is 1. The first-order valence-corrected chi connectivity index (χ1v) is 4.35. The van der Waals surface area contributed by atoms with Crippen LogP contribution >= 0.6 is 12.4 Å². The molecule has 0 aliphatic rings. The molecule has 0 aromatic rings. The molecule has 0 amide bonds. The Kier molecular flexibility index (Phi) is 11.4. The number of carboxylic acids is 1. The van der Waals surface area contributed by atoms with Crippen LogP contribution in [0, 0.1) is 0 Å². The number of carbonyl (C=O) groups is 1. The highest BCUT2D eigenvalue weighted by molar-refractivity contribution is 5.85. The maximum atomic E-state index is 10.1. The Balaban J connectivity index is 0. The second kappa shape index (κ2) is 9.77. The van der Waals surface area contributed by atoms with Crippen LogP contribution in [-0.2, 0) is 4.79 Å². The Morgan fingerprint density at radius 3 is 2.31 bits per heavy atom. The van der Waals surface area contributed by atoms with Crippen molar-refractivity contribution in [2.75, 3.05) is 32.7 Å². The van der Waals surface area contributed by atoms with Crippen molar-refractivity contribution in [2.45, 2.75) is 13.8 Å². The van der Waals surface area contributed by atoms with E-state index < -0.39 is 5.97 Å². The van der Waals surface area contributed by atoms with Gasteiger partial charge in [0.15, 0.2) is 0 Å². The van der Waals surface area contributed by atoms with Gasteiger partial charge in [0, 0.05) is 13.1 Å². The van der Waals surface area contributed by atoms with Crippen molar-refractivity contribution in [3.63, 3.8) is 0 Å². The Bertz CT molecular complexity index is 129. The van der Waals surface area contributed by atoms with E-state index in [1.807, 2.05) is 0 Å². The van der Waals surface area contributed by atoms with Gasteiger partial charge in [-0.3, -0.25) is 4.79 Å². The molecule has 0 atom stereocenters. The molecule has 5 heteroatoms. The van der Waals surface area contributed by atoms with Crippen molar-refractivity contribution in [3.05, 3.63) is 0 Å². The number of carboxylic acid groups (broad SMARTS) is 1. The summed E-state index contributed by atoms with van der Waals surface area (Å²) in [6.45, 7) is 7.95. The predicted octanol–water partition coefficient (Wildman–Crippen LogP) is 0.424. The fourth-order valence-electron chi connectivity index (χ4n) is 0.972. The molecule has 13 heavy (non-hydrogen) atoms. The van der Waals surface area contributed by atoms with Gasteiger partial charge < -0.3 is 15.3 Å². The zero-order valence-electron chi connectivity index (χ0n) is 8.25.